The fraction of sp³-hybridized carbons (Fsp3) is 0.0588. The van der Waals surface area contributed by atoms with E-state index in [1.165, 1.54) is 11.1 Å². The quantitative estimate of drug-likeness (QED) is 0.603. The molecule has 0 heteroatoms. The third-order valence-corrected chi connectivity index (χ3v) is 2.05. The number of allylic oxidation sites excluding steroid dienone is 2. The molecule has 17 heavy (non-hydrogen) atoms. The molecule has 0 spiro atoms. The summed E-state index contributed by atoms with van der Waals surface area (Å²) < 4.78 is 0. The van der Waals surface area contributed by atoms with Crippen LogP contribution >= 0.6 is 0 Å². The minimum atomic E-state index is 0. The van der Waals surface area contributed by atoms with Gasteiger partial charge in [0.25, 0.3) is 0 Å². The highest BCUT2D eigenvalue weighted by Gasteiger charge is 1.91. The Labute approximate surface area is 105 Å². The molecule has 0 amide bonds. The van der Waals surface area contributed by atoms with Gasteiger partial charge in [-0.25, -0.2) is 0 Å². The number of hydrogen-bond acceptors (Lipinski definition) is 0. The van der Waals surface area contributed by atoms with Crippen molar-refractivity contribution in [3.05, 3.63) is 86.0 Å². The van der Waals surface area contributed by atoms with Gasteiger partial charge in [-0.2, -0.15) is 0 Å². The third-order valence-electron chi connectivity index (χ3n) is 2.05. The van der Waals surface area contributed by atoms with Crippen molar-refractivity contribution in [1.29, 1.82) is 0 Å². The third kappa shape index (κ3) is 5.53. The molecule has 0 radical (unpaired) electrons. The number of benzene rings is 2. The molecule has 0 aliphatic heterocycles. The smallest absolute Gasteiger partial charge is 0.0184 e. The van der Waals surface area contributed by atoms with Gasteiger partial charge in [0, 0.05) is 0 Å². The number of hydrogen-bond donors (Lipinski definition) is 0. The summed E-state index contributed by atoms with van der Waals surface area (Å²) in [5.74, 6) is 0. The van der Waals surface area contributed by atoms with E-state index in [1.54, 1.807) is 12.2 Å². The lowest BCUT2D eigenvalue weighted by Gasteiger charge is -1.98. The molecular formula is C17H20. The average Bonchev–Trinajstić information content (AvgIpc) is 2.41. The molecule has 0 nitrogen and oxygen atoms in total. The highest BCUT2D eigenvalue weighted by Crippen LogP contribution is 2.17. The van der Waals surface area contributed by atoms with Crippen molar-refractivity contribution in [2.24, 2.45) is 0 Å². The summed E-state index contributed by atoms with van der Waals surface area (Å²) in [7, 11) is 0. The van der Waals surface area contributed by atoms with E-state index in [0.717, 1.165) is 0 Å². The SMILES string of the molecule is C.C=CC=C.c1ccc(-c2ccccc2)cc1. The van der Waals surface area contributed by atoms with E-state index in [0.29, 0.717) is 0 Å². The zero-order chi connectivity index (χ0) is 11.6. The lowest BCUT2D eigenvalue weighted by atomic mass is 10.1. The Morgan fingerprint density at radius 3 is 1.12 bits per heavy atom. The van der Waals surface area contributed by atoms with Crippen molar-refractivity contribution < 1.29 is 0 Å². The molecule has 0 aliphatic rings. The molecular weight excluding hydrogens is 204 g/mol. The molecule has 0 atom stereocenters. The predicted octanol–water partition coefficient (Wildman–Crippen LogP) is 5.35. The van der Waals surface area contributed by atoms with E-state index in [4.69, 9.17) is 0 Å². The molecule has 88 valence electrons. The molecule has 0 saturated carbocycles. The Balaban J connectivity index is 0.000000453. The largest absolute Gasteiger partial charge is 0.0991 e. The first-order valence-corrected chi connectivity index (χ1v) is 5.22. The van der Waals surface area contributed by atoms with Crippen LogP contribution in [-0.2, 0) is 0 Å². The standard InChI is InChI=1S/C12H10.C4H6.CH4/c1-3-7-11(8-4-1)12-9-5-2-6-10-12;1-3-4-2;/h1-10H;3-4H,1-2H2;1H4. The van der Waals surface area contributed by atoms with Gasteiger partial charge >= 0.3 is 0 Å². The molecule has 0 heterocycles. The van der Waals surface area contributed by atoms with Gasteiger partial charge in [-0.1, -0.05) is 93.4 Å². The van der Waals surface area contributed by atoms with Gasteiger partial charge in [-0.05, 0) is 11.1 Å². The molecule has 2 aromatic carbocycles. The van der Waals surface area contributed by atoms with Crippen LogP contribution < -0.4 is 0 Å². The van der Waals surface area contributed by atoms with Gasteiger partial charge in [0.2, 0.25) is 0 Å². The van der Waals surface area contributed by atoms with Gasteiger partial charge in [0.15, 0.2) is 0 Å². The summed E-state index contributed by atoms with van der Waals surface area (Å²) in [6.07, 6.45) is 3.28. The highest BCUT2D eigenvalue weighted by atomic mass is 14.0. The summed E-state index contributed by atoms with van der Waals surface area (Å²) in [6.45, 7) is 6.72. The summed E-state index contributed by atoms with van der Waals surface area (Å²) in [4.78, 5) is 0. The van der Waals surface area contributed by atoms with Gasteiger partial charge in [-0.15, -0.1) is 0 Å². The Morgan fingerprint density at radius 1 is 0.588 bits per heavy atom. The fourth-order valence-electron chi connectivity index (χ4n) is 1.26. The van der Waals surface area contributed by atoms with Crippen LogP contribution in [0.1, 0.15) is 7.43 Å². The second kappa shape index (κ2) is 9.17. The molecule has 0 N–H and O–H groups in total. The summed E-state index contributed by atoms with van der Waals surface area (Å²) in [5.41, 5.74) is 2.55. The Bertz CT molecular complexity index is 369. The van der Waals surface area contributed by atoms with E-state index < -0.39 is 0 Å². The van der Waals surface area contributed by atoms with Crippen molar-refractivity contribution in [2.75, 3.05) is 0 Å². The fourth-order valence-corrected chi connectivity index (χ4v) is 1.26. The molecule has 0 fully saturated rings. The predicted molar refractivity (Wildman–Crippen MR) is 79.0 cm³/mol. The van der Waals surface area contributed by atoms with E-state index in [1.807, 2.05) is 12.1 Å². The summed E-state index contributed by atoms with van der Waals surface area (Å²) in [5, 5.41) is 0. The van der Waals surface area contributed by atoms with Crippen LogP contribution in [-0.4, -0.2) is 0 Å². The summed E-state index contributed by atoms with van der Waals surface area (Å²) in [6, 6.07) is 20.8. The highest BCUT2D eigenvalue weighted by molar-refractivity contribution is 5.62. The second-order valence-corrected chi connectivity index (χ2v) is 3.20. The van der Waals surface area contributed by atoms with Crippen molar-refractivity contribution in [3.8, 4) is 11.1 Å². The van der Waals surface area contributed by atoms with Gasteiger partial charge < -0.3 is 0 Å². The summed E-state index contributed by atoms with van der Waals surface area (Å²) >= 11 is 0. The minimum Gasteiger partial charge on any atom is -0.0991 e. The van der Waals surface area contributed by atoms with Crippen LogP contribution in [0.25, 0.3) is 11.1 Å². The zero-order valence-electron chi connectivity index (χ0n) is 9.34. The van der Waals surface area contributed by atoms with Crippen molar-refractivity contribution in [1.82, 2.24) is 0 Å². The van der Waals surface area contributed by atoms with E-state index in [-0.39, 0.29) is 7.43 Å². The van der Waals surface area contributed by atoms with Crippen LogP contribution in [0.2, 0.25) is 0 Å². The maximum Gasteiger partial charge on any atom is -0.0184 e. The van der Waals surface area contributed by atoms with E-state index in [9.17, 15) is 0 Å². The first-order valence-electron chi connectivity index (χ1n) is 5.22. The van der Waals surface area contributed by atoms with Crippen molar-refractivity contribution >= 4 is 0 Å². The van der Waals surface area contributed by atoms with E-state index >= 15 is 0 Å². The molecule has 0 aromatic heterocycles. The Kier molecular flexibility index (Phi) is 8.05. The maximum absolute atomic E-state index is 3.36. The molecule has 2 rings (SSSR count). The lowest BCUT2D eigenvalue weighted by molar-refractivity contribution is 1.62. The minimum absolute atomic E-state index is 0. The van der Waals surface area contributed by atoms with Gasteiger partial charge in [-0.3, -0.25) is 0 Å². The van der Waals surface area contributed by atoms with E-state index in [2.05, 4.69) is 61.7 Å². The lowest BCUT2D eigenvalue weighted by Crippen LogP contribution is -1.73. The van der Waals surface area contributed by atoms with Crippen LogP contribution in [0, 0.1) is 0 Å². The zero-order valence-corrected chi connectivity index (χ0v) is 9.34. The molecule has 2 aromatic rings. The average molecular weight is 224 g/mol. The van der Waals surface area contributed by atoms with Crippen LogP contribution in [0.4, 0.5) is 0 Å². The van der Waals surface area contributed by atoms with Gasteiger partial charge in [0.1, 0.15) is 0 Å². The normalized spacial score (nSPS) is 8.00. The van der Waals surface area contributed by atoms with Crippen molar-refractivity contribution in [2.45, 2.75) is 7.43 Å². The van der Waals surface area contributed by atoms with Crippen LogP contribution in [0.15, 0.2) is 86.0 Å². The topological polar surface area (TPSA) is 0 Å². The maximum atomic E-state index is 3.36. The van der Waals surface area contributed by atoms with Crippen LogP contribution in [0.3, 0.4) is 0 Å². The Morgan fingerprint density at radius 2 is 0.882 bits per heavy atom. The first kappa shape index (κ1) is 14.9. The number of rotatable bonds is 2. The van der Waals surface area contributed by atoms with Crippen LogP contribution in [0.5, 0.6) is 0 Å². The first-order chi connectivity index (χ1) is 7.88. The second-order valence-electron chi connectivity index (χ2n) is 3.20. The van der Waals surface area contributed by atoms with Crippen molar-refractivity contribution in [3.63, 3.8) is 0 Å². The molecule has 0 unspecified atom stereocenters. The monoisotopic (exact) mass is 224 g/mol. The molecule has 0 aliphatic carbocycles. The molecule has 0 saturated heterocycles. The Hall–Kier alpha value is -2.08. The molecule has 0 bridgehead atoms. The van der Waals surface area contributed by atoms with Gasteiger partial charge in [0.05, 0.1) is 0 Å².